The Hall–Kier alpha value is -1.44. The molecule has 114 valence electrons. The maximum Gasteiger partial charge on any atom is 0.245 e. The highest BCUT2D eigenvalue weighted by atomic mass is 32.2. The Bertz CT molecular complexity index is 740. The molecular formula is C14H20N4O2S. The molecule has 3 heterocycles. The van der Waals surface area contributed by atoms with Crippen molar-refractivity contribution in [2.24, 2.45) is 11.7 Å². The first-order valence-corrected chi connectivity index (χ1v) is 8.66. The van der Waals surface area contributed by atoms with E-state index in [1.54, 1.807) is 22.6 Å². The number of pyridine rings is 1. The Kier molecular flexibility index (Phi) is 3.73. The van der Waals surface area contributed by atoms with Crippen LogP contribution in [0.15, 0.2) is 29.4 Å². The molecule has 2 aromatic rings. The predicted octanol–water partition coefficient (Wildman–Crippen LogP) is 1.31. The van der Waals surface area contributed by atoms with Gasteiger partial charge in [0.25, 0.3) is 0 Å². The minimum atomic E-state index is -3.51. The molecule has 1 saturated heterocycles. The number of aromatic nitrogens is 2. The largest absolute Gasteiger partial charge is 0.345 e. The van der Waals surface area contributed by atoms with Crippen LogP contribution in [0.3, 0.4) is 0 Å². The SMILES string of the molecule is CCC1CN(S(=O)(=O)c2c[nH]c3ncccc23)CCC1N. The van der Waals surface area contributed by atoms with Crippen LogP contribution < -0.4 is 5.73 Å². The fraction of sp³-hybridized carbons (Fsp3) is 0.500. The minimum Gasteiger partial charge on any atom is -0.345 e. The molecule has 0 saturated carbocycles. The van der Waals surface area contributed by atoms with E-state index in [2.05, 4.69) is 16.9 Å². The van der Waals surface area contributed by atoms with Crippen molar-refractivity contribution < 1.29 is 8.42 Å². The molecule has 1 aliphatic rings. The third kappa shape index (κ3) is 2.45. The molecule has 6 nitrogen and oxygen atoms in total. The maximum absolute atomic E-state index is 12.9. The second-order valence-electron chi connectivity index (χ2n) is 5.54. The highest BCUT2D eigenvalue weighted by Crippen LogP contribution is 2.28. The van der Waals surface area contributed by atoms with Crippen LogP contribution in [0.1, 0.15) is 19.8 Å². The van der Waals surface area contributed by atoms with Crippen molar-refractivity contribution in [3.05, 3.63) is 24.5 Å². The predicted molar refractivity (Wildman–Crippen MR) is 81.2 cm³/mol. The van der Waals surface area contributed by atoms with E-state index in [9.17, 15) is 8.42 Å². The van der Waals surface area contributed by atoms with Gasteiger partial charge in [0.15, 0.2) is 0 Å². The van der Waals surface area contributed by atoms with Gasteiger partial charge in [-0.15, -0.1) is 0 Å². The van der Waals surface area contributed by atoms with Gasteiger partial charge in [-0.05, 0) is 24.5 Å². The van der Waals surface area contributed by atoms with Gasteiger partial charge in [0, 0.05) is 36.9 Å². The first-order valence-electron chi connectivity index (χ1n) is 7.22. The molecule has 7 heteroatoms. The fourth-order valence-electron chi connectivity index (χ4n) is 2.95. The molecular weight excluding hydrogens is 288 g/mol. The van der Waals surface area contributed by atoms with Crippen LogP contribution in [0.4, 0.5) is 0 Å². The molecule has 0 spiro atoms. The zero-order valence-electron chi connectivity index (χ0n) is 12.0. The highest BCUT2D eigenvalue weighted by Gasteiger charge is 2.34. The van der Waals surface area contributed by atoms with Crippen LogP contribution in [0.25, 0.3) is 11.0 Å². The lowest BCUT2D eigenvalue weighted by Crippen LogP contribution is -2.48. The smallest absolute Gasteiger partial charge is 0.245 e. The summed E-state index contributed by atoms with van der Waals surface area (Å²) in [6.45, 7) is 3.02. The monoisotopic (exact) mass is 308 g/mol. The van der Waals surface area contributed by atoms with Gasteiger partial charge in [0.05, 0.1) is 0 Å². The Morgan fingerprint density at radius 1 is 1.52 bits per heavy atom. The average Bonchev–Trinajstić information content (AvgIpc) is 2.92. The molecule has 3 N–H and O–H groups in total. The van der Waals surface area contributed by atoms with Gasteiger partial charge >= 0.3 is 0 Å². The molecule has 0 aliphatic carbocycles. The van der Waals surface area contributed by atoms with E-state index in [4.69, 9.17) is 5.73 Å². The normalized spacial score (nSPS) is 24.5. The molecule has 2 atom stereocenters. The third-order valence-electron chi connectivity index (χ3n) is 4.31. The molecule has 0 radical (unpaired) electrons. The van der Waals surface area contributed by atoms with Gasteiger partial charge in [-0.2, -0.15) is 4.31 Å². The van der Waals surface area contributed by atoms with Gasteiger partial charge in [0.2, 0.25) is 10.0 Å². The Balaban J connectivity index is 1.97. The molecule has 1 aliphatic heterocycles. The van der Waals surface area contributed by atoms with Gasteiger partial charge in [-0.1, -0.05) is 13.3 Å². The Morgan fingerprint density at radius 3 is 3.10 bits per heavy atom. The molecule has 2 aromatic heterocycles. The number of aromatic amines is 1. The number of H-pyrrole nitrogens is 1. The number of rotatable bonds is 3. The van der Waals surface area contributed by atoms with Crippen molar-refractivity contribution >= 4 is 21.1 Å². The van der Waals surface area contributed by atoms with Crippen LogP contribution in [-0.2, 0) is 10.0 Å². The van der Waals surface area contributed by atoms with Crippen LogP contribution in [0, 0.1) is 5.92 Å². The van der Waals surface area contributed by atoms with Crippen LogP contribution in [0.2, 0.25) is 0 Å². The van der Waals surface area contributed by atoms with E-state index in [-0.39, 0.29) is 12.0 Å². The molecule has 1 fully saturated rings. The highest BCUT2D eigenvalue weighted by molar-refractivity contribution is 7.89. The summed E-state index contributed by atoms with van der Waals surface area (Å²) in [7, 11) is -3.51. The maximum atomic E-state index is 12.9. The number of sulfonamides is 1. The zero-order valence-corrected chi connectivity index (χ0v) is 12.8. The van der Waals surface area contributed by atoms with Crippen LogP contribution in [-0.4, -0.2) is 41.8 Å². The quantitative estimate of drug-likeness (QED) is 0.894. The summed E-state index contributed by atoms with van der Waals surface area (Å²) in [4.78, 5) is 7.37. The summed E-state index contributed by atoms with van der Waals surface area (Å²) in [5.74, 6) is 0.219. The number of nitrogens with one attached hydrogen (secondary N) is 1. The lowest BCUT2D eigenvalue weighted by atomic mass is 9.92. The second kappa shape index (κ2) is 5.40. The van der Waals surface area contributed by atoms with Crippen molar-refractivity contribution in [3.63, 3.8) is 0 Å². The summed E-state index contributed by atoms with van der Waals surface area (Å²) in [5.41, 5.74) is 6.66. The Morgan fingerprint density at radius 2 is 2.33 bits per heavy atom. The number of hydrogen-bond donors (Lipinski definition) is 2. The van der Waals surface area contributed by atoms with Gasteiger partial charge in [0.1, 0.15) is 10.5 Å². The van der Waals surface area contributed by atoms with E-state index >= 15 is 0 Å². The molecule has 21 heavy (non-hydrogen) atoms. The van der Waals surface area contributed by atoms with E-state index in [1.807, 2.05) is 0 Å². The van der Waals surface area contributed by atoms with Gasteiger partial charge in [-0.3, -0.25) is 0 Å². The zero-order chi connectivity index (χ0) is 15.0. The van der Waals surface area contributed by atoms with Gasteiger partial charge in [-0.25, -0.2) is 13.4 Å². The fourth-order valence-corrected chi connectivity index (χ4v) is 4.61. The minimum absolute atomic E-state index is 0.0890. The summed E-state index contributed by atoms with van der Waals surface area (Å²) in [5, 5.41) is 0.639. The summed E-state index contributed by atoms with van der Waals surface area (Å²) in [6, 6.07) is 3.61. The third-order valence-corrected chi connectivity index (χ3v) is 6.22. The molecule has 0 bridgehead atoms. The summed E-state index contributed by atoms with van der Waals surface area (Å²) < 4.78 is 27.3. The lowest BCUT2D eigenvalue weighted by molar-refractivity contribution is 0.230. The van der Waals surface area contributed by atoms with Crippen molar-refractivity contribution in [2.45, 2.75) is 30.7 Å². The molecule has 2 unspecified atom stereocenters. The van der Waals surface area contributed by atoms with E-state index in [1.165, 1.54) is 6.20 Å². The average molecular weight is 308 g/mol. The Labute approximate surface area is 124 Å². The van der Waals surface area contributed by atoms with E-state index in [0.717, 1.165) is 6.42 Å². The van der Waals surface area contributed by atoms with Crippen molar-refractivity contribution in [1.82, 2.24) is 14.3 Å². The molecule has 3 rings (SSSR count). The van der Waals surface area contributed by atoms with Crippen molar-refractivity contribution in [2.75, 3.05) is 13.1 Å². The topological polar surface area (TPSA) is 92.1 Å². The van der Waals surface area contributed by atoms with Gasteiger partial charge < -0.3 is 10.7 Å². The number of piperidine rings is 1. The summed E-state index contributed by atoms with van der Waals surface area (Å²) >= 11 is 0. The van der Waals surface area contributed by atoms with Crippen LogP contribution in [0.5, 0.6) is 0 Å². The number of nitrogens with two attached hydrogens (primary N) is 1. The van der Waals surface area contributed by atoms with E-state index < -0.39 is 10.0 Å². The second-order valence-corrected chi connectivity index (χ2v) is 7.44. The number of hydrogen-bond acceptors (Lipinski definition) is 4. The first-order chi connectivity index (χ1) is 10.0. The van der Waals surface area contributed by atoms with Crippen LogP contribution >= 0.6 is 0 Å². The lowest BCUT2D eigenvalue weighted by Gasteiger charge is -2.35. The summed E-state index contributed by atoms with van der Waals surface area (Å²) in [6.07, 6.45) is 4.77. The number of nitrogens with zero attached hydrogens (tertiary/aromatic N) is 2. The van der Waals surface area contributed by atoms with Crippen molar-refractivity contribution in [1.29, 1.82) is 0 Å². The standard InChI is InChI=1S/C14H20N4O2S/c1-2-10-9-18(7-5-12(10)15)21(19,20)13-8-17-14-11(13)4-3-6-16-14/h3-4,6,8,10,12H,2,5,7,9,15H2,1H3,(H,16,17). The molecule has 0 amide bonds. The number of fused-ring (bicyclic) bond motifs is 1. The first kappa shape index (κ1) is 14.5. The molecule has 0 aromatic carbocycles. The van der Waals surface area contributed by atoms with Crippen molar-refractivity contribution in [3.8, 4) is 0 Å². The van der Waals surface area contributed by atoms with E-state index in [0.29, 0.717) is 35.4 Å².